The summed E-state index contributed by atoms with van der Waals surface area (Å²) in [5, 5.41) is 9.34. The van der Waals surface area contributed by atoms with E-state index >= 15 is 0 Å². The molecule has 0 saturated heterocycles. The van der Waals surface area contributed by atoms with Crippen molar-refractivity contribution >= 4 is 6.21 Å². The van der Waals surface area contributed by atoms with Gasteiger partial charge in [-0.25, -0.2) is 0 Å². The van der Waals surface area contributed by atoms with Crippen molar-refractivity contribution in [2.24, 2.45) is 4.99 Å². The molecule has 2 heteroatoms. The van der Waals surface area contributed by atoms with Crippen LogP contribution in [0.1, 0.15) is 17.2 Å². The maximum Gasteiger partial charge on any atom is 0.0979 e. The molecule has 0 aliphatic heterocycles. The zero-order valence-electron chi connectivity index (χ0n) is 9.53. The van der Waals surface area contributed by atoms with Crippen LogP contribution in [0, 0.1) is 0 Å². The number of benzene rings is 2. The van der Waals surface area contributed by atoms with Gasteiger partial charge in [0.25, 0.3) is 0 Å². The third kappa shape index (κ3) is 3.26. The summed E-state index contributed by atoms with van der Waals surface area (Å²) < 4.78 is 0. The molecular weight excluding hydrogens is 210 g/mol. The number of hydrogen-bond acceptors (Lipinski definition) is 2. The van der Waals surface area contributed by atoms with Gasteiger partial charge in [0.2, 0.25) is 0 Å². The first-order valence-corrected chi connectivity index (χ1v) is 5.64. The summed E-state index contributed by atoms with van der Waals surface area (Å²) in [6.45, 7) is 0.0212. The zero-order valence-corrected chi connectivity index (χ0v) is 9.53. The summed E-state index contributed by atoms with van der Waals surface area (Å²) in [6.07, 6.45) is 1.80. The standard InChI is InChI=1S/C15H15NO/c17-12-15(14-9-5-2-6-10-14)16-11-13-7-3-1-4-8-13/h1-11,15,17H,12H2/b16-11+/t15-/m0/s1. The summed E-state index contributed by atoms with van der Waals surface area (Å²) >= 11 is 0. The van der Waals surface area contributed by atoms with Gasteiger partial charge in [-0.3, -0.25) is 4.99 Å². The fourth-order valence-corrected chi connectivity index (χ4v) is 1.63. The van der Waals surface area contributed by atoms with E-state index < -0.39 is 0 Å². The van der Waals surface area contributed by atoms with E-state index in [-0.39, 0.29) is 12.6 Å². The van der Waals surface area contributed by atoms with Crippen LogP contribution < -0.4 is 0 Å². The molecule has 0 aliphatic carbocycles. The fraction of sp³-hybridized carbons (Fsp3) is 0.133. The predicted octanol–water partition coefficient (Wildman–Crippen LogP) is 2.84. The van der Waals surface area contributed by atoms with Gasteiger partial charge >= 0.3 is 0 Å². The van der Waals surface area contributed by atoms with Crippen molar-refractivity contribution in [1.29, 1.82) is 0 Å². The third-order valence-corrected chi connectivity index (χ3v) is 2.56. The minimum Gasteiger partial charge on any atom is -0.394 e. The molecule has 0 aromatic heterocycles. The Morgan fingerprint density at radius 2 is 1.53 bits per heavy atom. The highest BCUT2D eigenvalue weighted by Crippen LogP contribution is 2.15. The quantitative estimate of drug-likeness (QED) is 0.797. The van der Waals surface area contributed by atoms with Crippen LogP contribution in [0.4, 0.5) is 0 Å². The van der Waals surface area contributed by atoms with Crippen LogP contribution in [-0.2, 0) is 0 Å². The van der Waals surface area contributed by atoms with Crippen LogP contribution in [0.15, 0.2) is 65.7 Å². The number of rotatable bonds is 4. The molecule has 0 fully saturated rings. The van der Waals surface area contributed by atoms with Crippen molar-refractivity contribution in [3.63, 3.8) is 0 Å². The molecule has 2 nitrogen and oxygen atoms in total. The first-order valence-electron chi connectivity index (χ1n) is 5.64. The van der Waals surface area contributed by atoms with Gasteiger partial charge in [-0.2, -0.15) is 0 Å². The van der Waals surface area contributed by atoms with E-state index in [1.807, 2.05) is 60.7 Å². The third-order valence-electron chi connectivity index (χ3n) is 2.56. The first kappa shape index (κ1) is 11.6. The van der Waals surface area contributed by atoms with Crippen LogP contribution in [0.25, 0.3) is 0 Å². The molecule has 0 unspecified atom stereocenters. The molecule has 0 bridgehead atoms. The molecule has 2 aromatic rings. The largest absolute Gasteiger partial charge is 0.394 e. The average molecular weight is 225 g/mol. The Morgan fingerprint density at radius 1 is 0.941 bits per heavy atom. The molecule has 86 valence electrons. The number of aliphatic imine (C=N–C) groups is 1. The molecule has 2 rings (SSSR count). The van der Waals surface area contributed by atoms with Crippen molar-refractivity contribution in [2.45, 2.75) is 6.04 Å². The Morgan fingerprint density at radius 3 is 2.12 bits per heavy atom. The van der Waals surface area contributed by atoms with E-state index in [2.05, 4.69) is 4.99 Å². The lowest BCUT2D eigenvalue weighted by molar-refractivity contribution is 0.269. The molecule has 2 aromatic carbocycles. The molecule has 0 spiro atoms. The zero-order chi connectivity index (χ0) is 11.9. The first-order chi connectivity index (χ1) is 8.40. The normalized spacial score (nSPS) is 12.8. The number of aliphatic hydroxyl groups excluding tert-OH is 1. The van der Waals surface area contributed by atoms with E-state index in [0.717, 1.165) is 11.1 Å². The van der Waals surface area contributed by atoms with Crippen LogP contribution in [-0.4, -0.2) is 17.9 Å². The number of hydrogen-bond donors (Lipinski definition) is 1. The fourth-order valence-electron chi connectivity index (χ4n) is 1.63. The molecule has 1 N–H and O–H groups in total. The molecular formula is C15H15NO. The van der Waals surface area contributed by atoms with Crippen LogP contribution in [0.3, 0.4) is 0 Å². The molecule has 1 atom stereocenters. The lowest BCUT2D eigenvalue weighted by Crippen LogP contribution is -2.01. The Bertz CT molecular complexity index is 465. The van der Waals surface area contributed by atoms with E-state index in [9.17, 15) is 5.11 Å². The number of aliphatic hydroxyl groups is 1. The van der Waals surface area contributed by atoms with Gasteiger partial charge < -0.3 is 5.11 Å². The van der Waals surface area contributed by atoms with Gasteiger partial charge in [-0.1, -0.05) is 60.7 Å². The van der Waals surface area contributed by atoms with Crippen molar-refractivity contribution in [2.75, 3.05) is 6.61 Å². The van der Waals surface area contributed by atoms with E-state index in [1.165, 1.54) is 0 Å². The minimum atomic E-state index is -0.184. The van der Waals surface area contributed by atoms with Crippen molar-refractivity contribution in [3.8, 4) is 0 Å². The van der Waals surface area contributed by atoms with Crippen LogP contribution >= 0.6 is 0 Å². The van der Waals surface area contributed by atoms with Crippen molar-refractivity contribution in [1.82, 2.24) is 0 Å². The molecule has 0 aliphatic rings. The smallest absolute Gasteiger partial charge is 0.0979 e. The molecule has 0 saturated carbocycles. The molecule has 0 heterocycles. The van der Waals surface area contributed by atoms with Crippen LogP contribution in [0.2, 0.25) is 0 Å². The highest BCUT2D eigenvalue weighted by molar-refractivity contribution is 5.79. The number of nitrogens with zero attached hydrogens (tertiary/aromatic N) is 1. The van der Waals surface area contributed by atoms with Crippen molar-refractivity contribution in [3.05, 3.63) is 71.8 Å². The highest BCUT2D eigenvalue weighted by atomic mass is 16.3. The Kier molecular flexibility index (Phi) is 4.05. The monoisotopic (exact) mass is 225 g/mol. The van der Waals surface area contributed by atoms with Crippen LogP contribution in [0.5, 0.6) is 0 Å². The molecule has 17 heavy (non-hydrogen) atoms. The molecule has 0 radical (unpaired) electrons. The summed E-state index contributed by atoms with van der Waals surface area (Å²) in [4.78, 5) is 4.41. The summed E-state index contributed by atoms with van der Waals surface area (Å²) in [7, 11) is 0. The van der Waals surface area contributed by atoms with E-state index in [4.69, 9.17) is 0 Å². The van der Waals surface area contributed by atoms with E-state index in [1.54, 1.807) is 6.21 Å². The second-order valence-corrected chi connectivity index (χ2v) is 3.80. The van der Waals surface area contributed by atoms with Gasteiger partial charge in [0, 0.05) is 6.21 Å². The van der Waals surface area contributed by atoms with Gasteiger partial charge in [-0.15, -0.1) is 0 Å². The van der Waals surface area contributed by atoms with Gasteiger partial charge in [0.15, 0.2) is 0 Å². The maximum absolute atomic E-state index is 9.34. The van der Waals surface area contributed by atoms with Crippen molar-refractivity contribution < 1.29 is 5.11 Å². The summed E-state index contributed by atoms with van der Waals surface area (Å²) in [5.74, 6) is 0. The molecule has 0 amide bonds. The Hall–Kier alpha value is -1.93. The SMILES string of the molecule is OC[C@H](/N=C/c1ccccc1)c1ccccc1. The lowest BCUT2D eigenvalue weighted by atomic mass is 10.1. The topological polar surface area (TPSA) is 32.6 Å². The van der Waals surface area contributed by atoms with Gasteiger partial charge in [0.1, 0.15) is 0 Å². The Balaban J connectivity index is 2.14. The van der Waals surface area contributed by atoms with Gasteiger partial charge in [0.05, 0.1) is 12.6 Å². The lowest BCUT2D eigenvalue weighted by Gasteiger charge is -2.08. The highest BCUT2D eigenvalue weighted by Gasteiger charge is 2.06. The van der Waals surface area contributed by atoms with E-state index in [0.29, 0.717) is 0 Å². The Labute approximate surface area is 101 Å². The van der Waals surface area contributed by atoms with Gasteiger partial charge in [-0.05, 0) is 11.1 Å². The summed E-state index contributed by atoms with van der Waals surface area (Å²) in [5.41, 5.74) is 2.07. The predicted molar refractivity (Wildman–Crippen MR) is 70.3 cm³/mol. The second kappa shape index (κ2) is 5.97. The average Bonchev–Trinajstić information content (AvgIpc) is 2.42. The maximum atomic E-state index is 9.34. The minimum absolute atomic E-state index is 0.0212. The second-order valence-electron chi connectivity index (χ2n) is 3.80. The summed E-state index contributed by atoms with van der Waals surface area (Å²) in [6, 6.07) is 19.5.